The van der Waals surface area contributed by atoms with Gasteiger partial charge in [0, 0.05) is 75.6 Å². The van der Waals surface area contributed by atoms with Crippen LogP contribution in [0.25, 0.3) is 11.3 Å². The van der Waals surface area contributed by atoms with Crippen LogP contribution in [-0.2, 0) is 9.59 Å². The Hall–Kier alpha value is -5.08. The summed E-state index contributed by atoms with van der Waals surface area (Å²) < 4.78 is 0. The van der Waals surface area contributed by atoms with Crippen molar-refractivity contribution in [3.8, 4) is 17.0 Å². The first-order valence-electron chi connectivity index (χ1n) is 18.5. The van der Waals surface area contributed by atoms with Crippen molar-refractivity contribution in [1.29, 1.82) is 0 Å². The molecule has 4 fully saturated rings. The molecule has 2 aromatic carbocycles. The summed E-state index contributed by atoms with van der Waals surface area (Å²) in [5, 5.41) is 28.8. The fraction of sp³-hybridized carbons (Fsp3) is 0.474. The number of carbonyl (C=O) groups excluding carboxylic acids is 4. The number of aromatic nitrogens is 2. The first-order valence-corrected chi connectivity index (χ1v) is 18.5. The molecule has 5 aliphatic heterocycles. The average Bonchev–Trinajstić information content (AvgIpc) is 3.39. The number of para-hydroxylation sites is 1. The van der Waals surface area contributed by atoms with Gasteiger partial charge >= 0.3 is 0 Å². The molecule has 270 valence electrons. The Morgan fingerprint density at radius 2 is 1.65 bits per heavy atom. The lowest BCUT2D eigenvalue weighted by Gasteiger charge is -2.48. The Morgan fingerprint density at radius 3 is 2.46 bits per heavy atom. The lowest BCUT2D eigenvalue weighted by molar-refractivity contribution is -0.136. The molecule has 6 aliphatic rings. The van der Waals surface area contributed by atoms with E-state index in [1.807, 2.05) is 30.3 Å². The first-order chi connectivity index (χ1) is 25.3. The SMILES string of the molecule is O=C1CCC(N2C(=O)c3ccc(N4CCC(N[C@H]5C[C@@H](CN6CCN7c8cc(-c9ccccc9O)nnc8NC[C@H]7C6)C5)CC4)cc3C2=O)C(=O)N1. The van der Waals surface area contributed by atoms with Crippen LogP contribution in [-0.4, -0.2) is 119 Å². The monoisotopic (exact) mass is 705 g/mol. The van der Waals surface area contributed by atoms with Crippen molar-refractivity contribution < 1.29 is 24.3 Å². The molecule has 14 heteroatoms. The van der Waals surface area contributed by atoms with Gasteiger partial charge < -0.3 is 25.5 Å². The molecule has 1 aromatic heterocycles. The van der Waals surface area contributed by atoms with E-state index in [4.69, 9.17) is 0 Å². The van der Waals surface area contributed by atoms with Gasteiger partial charge in [0.05, 0.1) is 28.6 Å². The number of hydrogen-bond acceptors (Lipinski definition) is 12. The Bertz CT molecular complexity index is 1940. The maximum Gasteiger partial charge on any atom is 0.262 e. The van der Waals surface area contributed by atoms with Crippen molar-refractivity contribution in [1.82, 2.24) is 30.6 Å². The molecule has 14 nitrogen and oxygen atoms in total. The van der Waals surface area contributed by atoms with Gasteiger partial charge in [-0.05, 0) is 74.4 Å². The van der Waals surface area contributed by atoms with Gasteiger partial charge in [0.15, 0.2) is 5.82 Å². The predicted octanol–water partition coefficient (Wildman–Crippen LogP) is 2.20. The van der Waals surface area contributed by atoms with Crippen molar-refractivity contribution in [3.63, 3.8) is 0 Å². The smallest absolute Gasteiger partial charge is 0.262 e. The van der Waals surface area contributed by atoms with Crippen molar-refractivity contribution in [3.05, 3.63) is 59.7 Å². The minimum absolute atomic E-state index is 0.104. The third-order valence-electron chi connectivity index (χ3n) is 11.8. The maximum absolute atomic E-state index is 13.3. The van der Waals surface area contributed by atoms with Crippen LogP contribution in [0.2, 0.25) is 0 Å². The number of phenols is 1. The van der Waals surface area contributed by atoms with E-state index in [-0.39, 0.29) is 24.5 Å². The number of nitrogens with zero attached hydrogens (tertiary/aromatic N) is 6. The molecule has 3 aromatic rings. The summed E-state index contributed by atoms with van der Waals surface area (Å²) in [7, 11) is 0. The van der Waals surface area contributed by atoms with Gasteiger partial charge in [-0.25, -0.2) is 0 Å². The van der Waals surface area contributed by atoms with Gasteiger partial charge in [0.2, 0.25) is 11.8 Å². The molecule has 4 N–H and O–H groups in total. The second-order valence-corrected chi connectivity index (χ2v) is 15.1. The highest BCUT2D eigenvalue weighted by Gasteiger charge is 2.45. The Balaban J connectivity index is 0.736. The number of piperidine rings is 2. The summed E-state index contributed by atoms with van der Waals surface area (Å²) >= 11 is 0. The molecule has 0 radical (unpaired) electrons. The van der Waals surface area contributed by atoms with E-state index in [0.717, 1.165) is 80.7 Å². The number of benzene rings is 2. The summed E-state index contributed by atoms with van der Waals surface area (Å²) in [6, 6.07) is 15.1. The van der Waals surface area contributed by atoms with Crippen LogP contribution in [0.4, 0.5) is 17.2 Å². The van der Waals surface area contributed by atoms with Crippen LogP contribution in [0.5, 0.6) is 5.75 Å². The molecule has 52 heavy (non-hydrogen) atoms. The molecule has 2 atom stereocenters. The molecule has 1 unspecified atom stereocenters. The molecular formula is C38H43N9O5. The van der Waals surface area contributed by atoms with Crippen LogP contribution in [0.15, 0.2) is 48.5 Å². The predicted molar refractivity (Wildman–Crippen MR) is 193 cm³/mol. The molecule has 9 rings (SSSR count). The number of hydrogen-bond donors (Lipinski definition) is 4. The van der Waals surface area contributed by atoms with Crippen LogP contribution in [0.3, 0.4) is 0 Å². The standard InChI is InChI=1S/C38H43N9O5/c48-33-4-2-1-3-28(33)30-18-32-35(43-42-30)39-19-26-21-44(13-14-46(26)32)20-22-15-24(16-22)40-23-9-11-45(12-10-23)25-5-6-27-29(17-25)38(52)47(37(27)51)31-7-8-34(49)41-36(31)50/h1-6,17-18,22-24,26,31,40,48H,7-16,19-21H2,(H,39,43)(H,41,49,50)/t22-,24+,26-,31?/m0/s1. The largest absolute Gasteiger partial charge is 0.507 e. The van der Waals surface area contributed by atoms with Crippen LogP contribution in [0, 0.1) is 5.92 Å². The van der Waals surface area contributed by atoms with Gasteiger partial charge in [0.25, 0.3) is 11.8 Å². The highest BCUT2D eigenvalue weighted by molar-refractivity contribution is 6.23. The van der Waals surface area contributed by atoms with Crippen molar-refractivity contribution in [2.75, 3.05) is 60.9 Å². The van der Waals surface area contributed by atoms with Gasteiger partial charge in [-0.2, -0.15) is 0 Å². The first kappa shape index (κ1) is 32.8. The van der Waals surface area contributed by atoms with Crippen LogP contribution < -0.4 is 25.8 Å². The molecule has 3 saturated heterocycles. The third-order valence-corrected chi connectivity index (χ3v) is 11.8. The second kappa shape index (κ2) is 13.2. The van der Waals surface area contributed by atoms with Crippen molar-refractivity contribution in [2.24, 2.45) is 5.92 Å². The van der Waals surface area contributed by atoms with Gasteiger partial charge in [-0.15, -0.1) is 10.2 Å². The van der Waals surface area contributed by atoms with E-state index in [1.54, 1.807) is 18.2 Å². The summed E-state index contributed by atoms with van der Waals surface area (Å²) in [5.41, 5.74) is 3.97. The summed E-state index contributed by atoms with van der Waals surface area (Å²) in [4.78, 5) is 58.8. The van der Waals surface area contributed by atoms with E-state index in [0.29, 0.717) is 46.4 Å². The summed E-state index contributed by atoms with van der Waals surface area (Å²) in [6.07, 6.45) is 4.64. The number of anilines is 3. The Morgan fingerprint density at radius 1 is 0.846 bits per heavy atom. The number of piperazine rings is 1. The lowest BCUT2D eigenvalue weighted by Crippen LogP contribution is -2.59. The Labute approximate surface area is 301 Å². The molecule has 6 heterocycles. The number of nitrogens with one attached hydrogen (secondary N) is 3. The van der Waals surface area contributed by atoms with E-state index in [2.05, 4.69) is 40.8 Å². The highest BCUT2D eigenvalue weighted by Crippen LogP contribution is 2.37. The minimum atomic E-state index is -0.957. The molecule has 0 bridgehead atoms. The minimum Gasteiger partial charge on any atom is -0.507 e. The maximum atomic E-state index is 13.3. The van der Waals surface area contributed by atoms with E-state index in [1.165, 1.54) is 12.8 Å². The number of phenolic OH excluding ortho intramolecular Hbond substituents is 1. The van der Waals surface area contributed by atoms with E-state index >= 15 is 0 Å². The molecule has 1 saturated carbocycles. The number of aromatic hydroxyl groups is 1. The van der Waals surface area contributed by atoms with E-state index in [9.17, 15) is 24.3 Å². The van der Waals surface area contributed by atoms with Gasteiger partial charge in [-0.3, -0.25) is 34.3 Å². The summed E-state index contributed by atoms with van der Waals surface area (Å²) in [5.74, 6) is -0.217. The quantitative estimate of drug-likeness (QED) is 0.266. The third kappa shape index (κ3) is 5.93. The van der Waals surface area contributed by atoms with Gasteiger partial charge in [0.1, 0.15) is 11.8 Å². The topological polar surface area (TPSA) is 163 Å². The number of amides is 4. The fourth-order valence-electron chi connectivity index (χ4n) is 9.02. The Kier molecular flexibility index (Phi) is 8.30. The lowest BCUT2D eigenvalue weighted by atomic mass is 9.79. The average molecular weight is 706 g/mol. The zero-order chi connectivity index (χ0) is 35.5. The number of fused-ring (bicyclic) bond motifs is 4. The van der Waals surface area contributed by atoms with Crippen LogP contribution in [0.1, 0.15) is 59.2 Å². The normalized spacial score (nSPS) is 26.3. The second-order valence-electron chi connectivity index (χ2n) is 15.1. The van der Waals surface area contributed by atoms with Gasteiger partial charge in [-0.1, -0.05) is 12.1 Å². The molecule has 1 aliphatic carbocycles. The highest BCUT2D eigenvalue weighted by atomic mass is 16.3. The molecule has 0 spiro atoms. The fourth-order valence-corrected chi connectivity index (χ4v) is 9.02. The van der Waals surface area contributed by atoms with Crippen molar-refractivity contribution in [2.45, 2.75) is 62.7 Å². The zero-order valence-corrected chi connectivity index (χ0v) is 29.0. The molecule has 4 amide bonds. The molecular weight excluding hydrogens is 662 g/mol. The summed E-state index contributed by atoms with van der Waals surface area (Å²) in [6.45, 7) is 6.61. The van der Waals surface area contributed by atoms with E-state index < -0.39 is 23.8 Å². The number of imide groups is 2. The number of rotatable bonds is 7. The number of carbonyl (C=O) groups is 4. The zero-order valence-electron chi connectivity index (χ0n) is 29.0. The van der Waals surface area contributed by atoms with Crippen molar-refractivity contribution >= 4 is 40.8 Å². The van der Waals surface area contributed by atoms with Crippen LogP contribution >= 0.6 is 0 Å².